The maximum atomic E-state index is 13.8. The van der Waals surface area contributed by atoms with Gasteiger partial charge in [-0.2, -0.15) is 10.1 Å². The first-order chi connectivity index (χ1) is 18.5. The number of hydrogen-bond donors (Lipinski definition) is 4. The van der Waals surface area contributed by atoms with Gasteiger partial charge in [0.25, 0.3) is 0 Å². The normalized spacial score (nSPS) is 24.8. The average molecular weight is 567 g/mol. The lowest BCUT2D eigenvalue weighted by molar-refractivity contribution is -0.145. The summed E-state index contributed by atoms with van der Waals surface area (Å²) in [6.07, 6.45) is -2.75. The first kappa shape index (κ1) is 30.1. The van der Waals surface area contributed by atoms with Crippen LogP contribution in [0.3, 0.4) is 0 Å². The van der Waals surface area contributed by atoms with E-state index < -0.39 is 56.2 Å². The zero-order valence-electron chi connectivity index (χ0n) is 21.2. The molecule has 1 aliphatic heterocycles. The minimum atomic E-state index is -4.47. The summed E-state index contributed by atoms with van der Waals surface area (Å²) < 4.78 is 36.4. The number of carbonyl (C=O) groups excluding carboxylic acids is 1. The van der Waals surface area contributed by atoms with E-state index in [2.05, 4.69) is 20.1 Å². The fourth-order valence-corrected chi connectivity index (χ4v) is 5.05. The highest BCUT2D eigenvalue weighted by Crippen LogP contribution is 2.48. The van der Waals surface area contributed by atoms with E-state index in [0.717, 1.165) is 17.2 Å². The van der Waals surface area contributed by atoms with Gasteiger partial charge in [0.15, 0.2) is 6.23 Å². The minimum Gasteiger partial charge on any atom is -0.465 e. The Balaban J connectivity index is 1.87. The number of unbranched alkanes of at least 4 members (excludes halogenated alkanes) is 1. The Hall–Kier alpha value is -3.49. The number of benzene rings is 1. The number of aliphatic hydroxyl groups is 2. The van der Waals surface area contributed by atoms with Crippen LogP contribution >= 0.6 is 7.75 Å². The van der Waals surface area contributed by atoms with Crippen molar-refractivity contribution < 1.29 is 38.1 Å². The van der Waals surface area contributed by atoms with Crippen molar-refractivity contribution in [2.24, 2.45) is 5.11 Å². The molecule has 0 aliphatic carbocycles. The summed E-state index contributed by atoms with van der Waals surface area (Å²) in [5.74, 6) is -0.721. The Morgan fingerprint density at radius 2 is 2.10 bits per heavy atom. The Labute approximate surface area is 222 Å². The van der Waals surface area contributed by atoms with E-state index in [9.17, 15) is 29.9 Å². The summed E-state index contributed by atoms with van der Waals surface area (Å²) in [7, 11) is -4.47. The van der Waals surface area contributed by atoms with Crippen molar-refractivity contribution >= 4 is 19.5 Å². The molecule has 0 bridgehead atoms. The van der Waals surface area contributed by atoms with Crippen molar-refractivity contribution in [1.29, 1.82) is 0 Å². The van der Waals surface area contributed by atoms with E-state index in [-0.39, 0.29) is 18.2 Å². The number of aromatic nitrogens is 2. The maximum absolute atomic E-state index is 13.8. The minimum absolute atomic E-state index is 0.0960. The van der Waals surface area contributed by atoms with Gasteiger partial charge in [-0.15, -0.1) is 0 Å². The van der Waals surface area contributed by atoms with E-state index >= 15 is 0 Å². The van der Waals surface area contributed by atoms with Crippen molar-refractivity contribution in [1.82, 2.24) is 14.6 Å². The highest BCUT2D eigenvalue weighted by atomic mass is 31.2. The van der Waals surface area contributed by atoms with Crippen LogP contribution in [0.15, 0.2) is 52.5 Å². The van der Waals surface area contributed by atoms with Crippen molar-refractivity contribution in [3.8, 4) is 5.75 Å². The van der Waals surface area contributed by atoms with Gasteiger partial charge in [-0.05, 0) is 37.1 Å². The number of para-hydroxylation sites is 1. The SMILES string of the molecule is CCCCOC(=O)[C@@H](C)NP(=O)(OCC1(N=[N+]=[N-])O[C@@H](n2ccc(N)nc2=O)[C@H](O)[C@@H]1O)Oc1ccccc1. The molecule has 1 saturated heterocycles. The van der Waals surface area contributed by atoms with Gasteiger partial charge in [-0.1, -0.05) is 36.7 Å². The van der Waals surface area contributed by atoms with Crippen LogP contribution in [-0.4, -0.2) is 62.9 Å². The molecule has 2 heterocycles. The molecule has 0 saturated carbocycles. The van der Waals surface area contributed by atoms with Gasteiger partial charge in [0.05, 0.1) is 13.2 Å². The molecular formula is C22H30N7O9P. The summed E-state index contributed by atoms with van der Waals surface area (Å²) in [6.45, 7) is 2.53. The highest BCUT2D eigenvalue weighted by molar-refractivity contribution is 7.52. The molecule has 0 amide bonds. The Morgan fingerprint density at radius 1 is 1.38 bits per heavy atom. The van der Waals surface area contributed by atoms with Crippen LogP contribution in [0.2, 0.25) is 0 Å². The third-order valence-electron chi connectivity index (χ3n) is 5.60. The number of esters is 1. The second-order valence-corrected chi connectivity index (χ2v) is 10.3. The van der Waals surface area contributed by atoms with E-state index in [4.69, 9.17) is 24.3 Å². The van der Waals surface area contributed by atoms with E-state index in [1.165, 1.54) is 25.1 Å². The molecular weight excluding hydrogens is 537 g/mol. The summed E-state index contributed by atoms with van der Waals surface area (Å²) >= 11 is 0. The number of aliphatic hydroxyl groups excluding tert-OH is 2. The third-order valence-corrected chi connectivity index (χ3v) is 7.22. The molecule has 0 radical (unpaired) electrons. The van der Waals surface area contributed by atoms with Gasteiger partial charge < -0.3 is 29.9 Å². The second kappa shape index (κ2) is 13.0. The monoisotopic (exact) mass is 567 g/mol. The van der Waals surface area contributed by atoms with Gasteiger partial charge in [0.2, 0.25) is 5.72 Å². The van der Waals surface area contributed by atoms with Crippen LogP contribution in [-0.2, 0) is 23.4 Å². The summed E-state index contributed by atoms with van der Waals surface area (Å²) in [4.78, 5) is 30.9. The molecule has 212 valence electrons. The lowest BCUT2D eigenvalue weighted by Crippen LogP contribution is -2.45. The van der Waals surface area contributed by atoms with Crippen LogP contribution in [0.4, 0.5) is 5.82 Å². The summed E-state index contributed by atoms with van der Waals surface area (Å²) in [5.41, 5.74) is 11.4. The fraction of sp³-hybridized carbons (Fsp3) is 0.500. The number of hydrogen-bond acceptors (Lipinski definition) is 12. The smallest absolute Gasteiger partial charge is 0.459 e. The summed E-state index contributed by atoms with van der Waals surface area (Å²) in [5, 5.41) is 27.3. The van der Waals surface area contributed by atoms with Gasteiger partial charge in [-0.25, -0.2) is 9.36 Å². The number of azide groups is 1. The molecule has 2 aromatic rings. The zero-order chi connectivity index (χ0) is 28.6. The van der Waals surface area contributed by atoms with Crippen LogP contribution in [0.1, 0.15) is 32.9 Å². The number of rotatable bonds is 13. The van der Waals surface area contributed by atoms with E-state index in [0.29, 0.717) is 6.42 Å². The molecule has 1 aromatic carbocycles. The molecule has 3 rings (SSSR count). The molecule has 5 N–H and O–H groups in total. The quantitative estimate of drug-likeness (QED) is 0.0675. The van der Waals surface area contributed by atoms with Gasteiger partial charge in [0.1, 0.15) is 29.8 Å². The van der Waals surface area contributed by atoms with Crippen LogP contribution in [0.5, 0.6) is 5.75 Å². The van der Waals surface area contributed by atoms with Crippen LogP contribution in [0.25, 0.3) is 10.4 Å². The van der Waals surface area contributed by atoms with E-state index in [1.54, 1.807) is 18.2 Å². The fourth-order valence-electron chi connectivity index (χ4n) is 3.54. The van der Waals surface area contributed by atoms with Gasteiger partial charge in [0, 0.05) is 11.1 Å². The predicted octanol–water partition coefficient (Wildman–Crippen LogP) is 1.61. The zero-order valence-corrected chi connectivity index (χ0v) is 22.1. The predicted molar refractivity (Wildman–Crippen MR) is 136 cm³/mol. The summed E-state index contributed by atoms with van der Waals surface area (Å²) in [6, 6.07) is 7.94. The molecule has 2 unspecified atom stereocenters. The third kappa shape index (κ3) is 7.34. The van der Waals surface area contributed by atoms with Crippen LogP contribution in [0, 0.1) is 0 Å². The first-order valence-corrected chi connectivity index (χ1v) is 13.5. The molecule has 17 heteroatoms. The van der Waals surface area contributed by atoms with Crippen molar-refractivity contribution in [3.63, 3.8) is 0 Å². The number of nitrogen functional groups attached to an aromatic ring is 1. The molecule has 6 atom stereocenters. The maximum Gasteiger partial charge on any atom is 0.459 e. The largest absolute Gasteiger partial charge is 0.465 e. The van der Waals surface area contributed by atoms with Gasteiger partial charge in [-0.3, -0.25) is 13.9 Å². The lowest BCUT2D eigenvalue weighted by Gasteiger charge is -2.29. The van der Waals surface area contributed by atoms with Crippen molar-refractivity contribution in [2.75, 3.05) is 18.9 Å². The number of anilines is 1. The number of nitrogens with zero attached hydrogens (tertiary/aromatic N) is 5. The number of nitrogens with one attached hydrogen (secondary N) is 1. The number of nitrogens with two attached hydrogens (primary N) is 1. The van der Waals surface area contributed by atoms with Gasteiger partial charge >= 0.3 is 19.4 Å². The number of carbonyl (C=O) groups is 1. The van der Waals surface area contributed by atoms with Crippen molar-refractivity contribution in [3.05, 3.63) is 63.5 Å². The van der Waals surface area contributed by atoms with Crippen molar-refractivity contribution in [2.45, 2.75) is 56.9 Å². The highest BCUT2D eigenvalue weighted by Gasteiger charge is 2.56. The lowest BCUT2D eigenvalue weighted by atomic mass is 10.1. The molecule has 0 spiro atoms. The van der Waals surface area contributed by atoms with E-state index in [1.807, 2.05) is 6.92 Å². The Morgan fingerprint density at radius 3 is 2.74 bits per heavy atom. The average Bonchev–Trinajstić information content (AvgIpc) is 3.14. The standard InChI is InChI=1S/C22H30N7O9P/c1-3-4-12-35-20(32)14(2)26-39(34,38-15-8-6-5-7-9-15)36-13-22(27-28-24)18(31)17(30)19(37-22)29-11-10-16(23)25-21(29)33/h5-11,14,17-19,30-31H,3-4,12-13H2,1-2H3,(H,26,34)(H2,23,25,33)/t14-,17-,18+,19-,22?,39?/m1/s1. The second-order valence-electron chi connectivity index (χ2n) is 8.57. The Bertz CT molecular complexity index is 1290. The van der Waals surface area contributed by atoms with Crippen LogP contribution < -0.4 is 21.0 Å². The number of ether oxygens (including phenoxy) is 2. The molecule has 1 aromatic heterocycles. The Kier molecular flexibility index (Phi) is 10.1. The first-order valence-electron chi connectivity index (χ1n) is 11.9. The molecule has 1 aliphatic rings. The molecule has 1 fully saturated rings. The molecule has 39 heavy (non-hydrogen) atoms. The topological polar surface area (TPSA) is 233 Å². The molecule has 16 nitrogen and oxygen atoms in total.